The van der Waals surface area contributed by atoms with Crippen LogP contribution in [-0.4, -0.2) is 10.5 Å². The molecule has 0 aliphatic heterocycles. The summed E-state index contributed by atoms with van der Waals surface area (Å²) in [5.41, 5.74) is 7.81. The lowest BCUT2D eigenvalue weighted by Gasteiger charge is -2.11. The van der Waals surface area contributed by atoms with Crippen molar-refractivity contribution in [3.8, 4) is 11.1 Å². The van der Waals surface area contributed by atoms with E-state index in [2.05, 4.69) is 6.58 Å². The van der Waals surface area contributed by atoms with Gasteiger partial charge in [-0.15, -0.1) is 6.58 Å². The number of nitrogens with zero attached hydrogens (tertiary/aromatic N) is 1. The molecule has 0 aliphatic rings. The molecule has 0 bridgehead atoms. The van der Waals surface area contributed by atoms with Crippen molar-refractivity contribution in [1.82, 2.24) is 4.57 Å². The Balaban J connectivity index is 2.70. The fraction of sp³-hybridized carbons (Fsp3) is 0.278. The molecule has 3 nitrogen and oxygen atoms in total. The van der Waals surface area contributed by atoms with Gasteiger partial charge in [-0.2, -0.15) is 13.2 Å². The SMILES string of the molecule is C=CCn1c(C)c(C(N)=O)c(-c2ccc(C(F)(F)F)cc2)c1CC. The van der Waals surface area contributed by atoms with Crippen LogP contribution in [0.4, 0.5) is 13.2 Å². The smallest absolute Gasteiger partial charge is 0.366 e. The average molecular weight is 336 g/mol. The first-order valence-electron chi connectivity index (χ1n) is 7.52. The van der Waals surface area contributed by atoms with E-state index in [0.717, 1.165) is 17.8 Å². The summed E-state index contributed by atoms with van der Waals surface area (Å²) in [7, 11) is 0. The second-order valence-electron chi connectivity index (χ2n) is 5.47. The number of carbonyl (C=O) groups is 1. The van der Waals surface area contributed by atoms with E-state index in [1.807, 2.05) is 11.5 Å². The zero-order valence-electron chi connectivity index (χ0n) is 13.6. The van der Waals surface area contributed by atoms with Gasteiger partial charge in [0.2, 0.25) is 0 Å². The van der Waals surface area contributed by atoms with Gasteiger partial charge in [-0.05, 0) is 31.0 Å². The molecular weight excluding hydrogens is 317 g/mol. The predicted molar refractivity (Wildman–Crippen MR) is 87.7 cm³/mol. The van der Waals surface area contributed by atoms with Gasteiger partial charge in [0.15, 0.2) is 0 Å². The third-order valence-electron chi connectivity index (χ3n) is 4.02. The van der Waals surface area contributed by atoms with Gasteiger partial charge in [0, 0.05) is 23.5 Å². The molecule has 2 N–H and O–H groups in total. The first-order chi connectivity index (χ1) is 11.2. The van der Waals surface area contributed by atoms with E-state index in [9.17, 15) is 18.0 Å². The molecule has 2 rings (SSSR count). The van der Waals surface area contributed by atoms with E-state index in [0.29, 0.717) is 35.3 Å². The highest BCUT2D eigenvalue weighted by Gasteiger charge is 2.30. The van der Waals surface area contributed by atoms with E-state index in [1.54, 1.807) is 13.0 Å². The number of primary amides is 1. The highest BCUT2D eigenvalue weighted by atomic mass is 19.4. The Labute approximate surface area is 138 Å². The number of nitrogens with two attached hydrogens (primary N) is 1. The number of aromatic nitrogens is 1. The minimum absolute atomic E-state index is 0.341. The van der Waals surface area contributed by atoms with Crippen LogP contribution in [0.1, 0.15) is 34.2 Å². The van der Waals surface area contributed by atoms with E-state index in [-0.39, 0.29) is 0 Å². The number of carbonyl (C=O) groups excluding carboxylic acids is 1. The van der Waals surface area contributed by atoms with Crippen molar-refractivity contribution in [2.75, 3.05) is 0 Å². The summed E-state index contributed by atoms with van der Waals surface area (Å²) in [4.78, 5) is 11.9. The quantitative estimate of drug-likeness (QED) is 0.812. The summed E-state index contributed by atoms with van der Waals surface area (Å²) in [5, 5.41) is 0. The second kappa shape index (κ2) is 6.55. The first kappa shape index (κ1) is 17.8. The molecule has 0 saturated carbocycles. The van der Waals surface area contributed by atoms with Gasteiger partial charge < -0.3 is 10.3 Å². The third kappa shape index (κ3) is 3.09. The van der Waals surface area contributed by atoms with Crippen molar-refractivity contribution in [3.63, 3.8) is 0 Å². The second-order valence-corrected chi connectivity index (χ2v) is 5.47. The zero-order chi connectivity index (χ0) is 18.1. The van der Waals surface area contributed by atoms with E-state index >= 15 is 0 Å². The molecule has 6 heteroatoms. The van der Waals surface area contributed by atoms with Crippen molar-refractivity contribution in [2.45, 2.75) is 33.0 Å². The lowest BCUT2D eigenvalue weighted by Crippen LogP contribution is -2.13. The molecule has 0 atom stereocenters. The Morgan fingerprint density at radius 3 is 2.29 bits per heavy atom. The van der Waals surface area contributed by atoms with E-state index < -0.39 is 17.6 Å². The number of hydrogen-bond donors (Lipinski definition) is 1. The molecule has 0 unspecified atom stereocenters. The number of benzene rings is 1. The molecule has 1 amide bonds. The largest absolute Gasteiger partial charge is 0.416 e. The summed E-state index contributed by atoms with van der Waals surface area (Å²) < 4.78 is 40.2. The van der Waals surface area contributed by atoms with Crippen molar-refractivity contribution in [2.24, 2.45) is 5.73 Å². The van der Waals surface area contributed by atoms with Crippen LogP contribution in [0.25, 0.3) is 11.1 Å². The molecule has 0 radical (unpaired) electrons. The van der Waals surface area contributed by atoms with Crippen LogP contribution in [0.5, 0.6) is 0 Å². The van der Waals surface area contributed by atoms with Gasteiger partial charge in [0.05, 0.1) is 11.1 Å². The summed E-state index contributed by atoms with van der Waals surface area (Å²) in [5.74, 6) is -0.597. The third-order valence-corrected chi connectivity index (χ3v) is 4.02. The van der Waals surface area contributed by atoms with Gasteiger partial charge in [0.25, 0.3) is 5.91 Å². The zero-order valence-corrected chi connectivity index (χ0v) is 13.6. The Morgan fingerprint density at radius 2 is 1.88 bits per heavy atom. The fourth-order valence-electron chi connectivity index (χ4n) is 2.98. The molecule has 0 spiro atoms. The average Bonchev–Trinajstić information content (AvgIpc) is 2.79. The molecule has 128 valence electrons. The Kier molecular flexibility index (Phi) is 4.87. The molecule has 0 saturated heterocycles. The highest BCUT2D eigenvalue weighted by Crippen LogP contribution is 2.35. The summed E-state index contributed by atoms with van der Waals surface area (Å²) >= 11 is 0. The van der Waals surface area contributed by atoms with Crippen molar-refractivity contribution >= 4 is 5.91 Å². The van der Waals surface area contributed by atoms with Crippen LogP contribution in [0, 0.1) is 6.92 Å². The first-order valence-corrected chi connectivity index (χ1v) is 7.52. The van der Waals surface area contributed by atoms with Gasteiger partial charge >= 0.3 is 6.18 Å². The molecule has 1 aromatic carbocycles. The maximum Gasteiger partial charge on any atom is 0.416 e. The van der Waals surface area contributed by atoms with Gasteiger partial charge in [-0.3, -0.25) is 4.79 Å². The molecule has 24 heavy (non-hydrogen) atoms. The number of allylic oxidation sites excluding steroid dienone is 1. The number of halogens is 3. The number of hydrogen-bond acceptors (Lipinski definition) is 1. The minimum Gasteiger partial charge on any atom is -0.366 e. The lowest BCUT2D eigenvalue weighted by atomic mass is 9.97. The predicted octanol–water partition coefficient (Wildman–Crippen LogP) is 4.33. The monoisotopic (exact) mass is 336 g/mol. The molecule has 0 aliphatic carbocycles. The van der Waals surface area contributed by atoms with E-state index in [1.165, 1.54) is 12.1 Å². The van der Waals surface area contributed by atoms with Crippen molar-refractivity contribution in [3.05, 3.63) is 59.4 Å². The lowest BCUT2D eigenvalue weighted by molar-refractivity contribution is -0.137. The normalized spacial score (nSPS) is 11.5. The number of rotatable bonds is 5. The maximum absolute atomic E-state index is 12.8. The summed E-state index contributed by atoms with van der Waals surface area (Å²) in [6.07, 6.45) is -2.09. The highest BCUT2D eigenvalue weighted by molar-refractivity contribution is 6.02. The number of amides is 1. The van der Waals surface area contributed by atoms with Crippen LogP contribution < -0.4 is 5.73 Å². The van der Waals surface area contributed by atoms with Gasteiger partial charge in [-0.1, -0.05) is 25.1 Å². The van der Waals surface area contributed by atoms with Crippen LogP contribution in [0.15, 0.2) is 36.9 Å². The van der Waals surface area contributed by atoms with Gasteiger partial charge in [-0.25, -0.2) is 0 Å². The minimum atomic E-state index is -4.40. The maximum atomic E-state index is 12.8. The Morgan fingerprint density at radius 1 is 1.29 bits per heavy atom. The van der Waals surface area contributed by atoms with Crippen molar-refractivity contribution in [1.29, 1.82) is 0 Å². The molecule has 1 heterocycles. The summed E-state index contributed by atoms with van der Waals surface area (Å²) in [6, 6.07) is 4.78. The molecular formula is C18H19F3N2O. The summed E-state index contributed by atoms with van der Waals surface area (Å²) in [6.45, 7) is 7.90. The van der Waals surface area contributed by atoms with Crippen molar-refractivity contribution < 1.29 is 18.0 Å². The van der Waals surface area contributed by atoms with Crippen LogP contribution >= 0.6 is 0 Å². The van der Waals surface area contributed by atoms with Crippen LogP contribution in [0.2, 0.25) is 0 Å². The van der Waals surface area contributed by atoms with Crippen LogP contribution in [0.3, 0.4) is 0 Å². The Hall–Kier alpha value is -2.50. The molecule has 2 aromatic rings. The molecule has 0 fully saturated rings. The van der Waals surface area contributed by atoms with Gasteiger partial charge in [0.1, 0.15) is 0 Å². The van der Waals surface area contributed by atoms with Crippen LogP contribution in [-0.2, 0) is 19.1 Å². The van der Waals surface area contributed by atoms with E-state index in [4.69, 9.17) is 5.73 Å². The number of alkyl halides is 3. The fourth-order valence-corrected chi connectivity index (χ4v) is 2.98. The Bertz CT molecular complexity index is 771. The standard InChI is InChI=1S/C18H19F3N2O/c1-4-10-23-11(3)15(17(22)24)16(14(23)5-2)12-6-8-13(9-7-12)18(19,20)21/h4,6-9H,1,5,10H2,2-3H3,(H2,22,24). The molecule has 1 aromatic heterocycles. The topological polar surface area (TPSA) is 48.0 Å².